The monoisotopic (exact) mass is 625 g/mol. The van der Waals surface area contributed by atoms with Crippen LogP contribution in [0.5, 0.6) is 0 Å². The molecule has 1 atom stereocenters. The number of hydrogen-bond acceptors (Lipinski definition) is 6. The lowest BCUT2D eigenvalue weighted by molar-refractivity contribution is -0.134. The smallest absolute Gasteiger partial charge is 0.341 e. The highest BCUT2D eigenvalue weighted by atomic mass is 16.2. The summed E-state index contributed by atoms with van der Waals surface area (Å²) >= 11 is 0. The number of amides is 3. The molecule has 12 heteroatoms. The van der Waals surface area contributed by atoms with E-state index >= 15 is 0 Å². The third-order valence-electron chi connectivity index (χ3n) is 10.0. The first-order chi connectivity index (χ1) is 22.5. The molecule has 12 nitrogen and oxygen atoms in total. The van der Waals surface area contributed by atoms with Crippen LogP contribution in [0.4, 0.5) is 4.79 Å². The number of benzene rings is 2. The maximum absolute atomic E-state index is 14.0. The van der Waals surface area contributed by atoms with Crippen molar-refractivity contribution in [3.05, 3.63) is 70.8 Å². The van der Waals surface area contributed by atoms with Crippen molar-refractivity contribution in [2.24, 2.45) is 0 Å². The molecule has 46 heavy (non-hydrogen) atoms. The first kappa shape index (κ1) is 30.2. The summed E-state index contributed by atoms with van der Waals surface area (Å²) in [7, 11) is 0. The van der Waals surface area contributed by atoms with Crippen LogP contribution in [0.25, 0.3) is 22.3 Å². The summed E-state index contributed by atoms with van der Waals surface area (Å²) in [6.45, 7) is 4.68. The van der Waals surface area contributed by atoms with E-state index in [1.807, 2.05) is 53.4 Å². The topological polar surface area (TPSA) is 135 Å². The van der Waals surface area contributed by atoms with Gasteiger partial charge >= 0.3 is 11.7 Å². The van der Waals surface area contributed by atoms with Gasteiger partial charge in [-0.25, -0.2) is 14.3 Å². The van der Waals surface area contributed by atoms with E-state index in [4.69, 9.17) is 0 Å². The van der Waals surface area contributed by atoms with Gasteiger partial charge in [-0.3, -0.25) is 14.9 Å². The van der Waals surface area contributed by atoms with E-state index in [2.05, 4.69) is 30.5 Å². The number of H-pyrrole nitrogens is 2. The summed E-state index contributed by atoms with van der Waals surface area (Å²) in [6, 6.07) is 15.1. The van der Waals surface area contributed by atoms with Gasteiger partial charge in [0.1, 0.15) is 6.04 Å². The number of fused-ring (bicyclic) bond motifs is 1. The fraction of sp³-hybridized carbons (Fsp3) is 0.500. The Balaban J connectivity index is 1.01. The lowest BCUT2D eigenvalue weighted by Crippen LogP contribution is -2.56. The van der Waals surface area contributed by atoms with Gasteiger partial charge < -0.3 is 20.0 Å². The zero-order valence-corrected chi connectivity index (χ0v) is 26.2. The van der Waals surface area contributed by atoms with Crippen molar-refractivity contribution in [3.63, 3.8) is 0 Å². The molecule has 4 aromatic rings. The summed E-state index contributed by atoms with van der Waals surface area (Å²) in [6.07, 6.45) is 9.17. The average Bonchev–Trinajstić information content (AvgIpc) is 3.75. The van der Waals surface area contributed by atoms with Crippen LogP contribution < -0.4 is 11.0 Å². The second-order valence-electron chi connectivity index (χ2n) is 13.0. The predicted molar refractivity (Wildman–Crippen MR) is 175 cm³/mol. The Morgan fingerprint density at radius 1 is 0.870 bits per heavy atom. The van der Waals surface area contributed by atoms with E-state index < -0.39 is 6.04 Å². The molecule has 3 saturated heterocycles. The Bertz CT molecular complexity index is 1690. The van der Waals surface area contributed by atoms with Gasteiger partial charge in [-0.15, -0.1) is 5.10 Å². The molecule has 242 valence electrons. The van der Waals surface area contributed by atoms with Crippen molar-refractivity contribution in [3.8, 4) is 11.4 Å². The van der Waals surface area contributed by atoms with Gasteiger partial charge in [-0.2, -0.15) is 5.10 Å². The molecular weight excluding hydrogens is 582 g/mol. The largest absolute Gasteiger partial charge is 0.343 e. The Hall–Kier alpha value is -4.45. The minimum absolute atomic E-state index is 0.0239. The number of aromatic amines is 2. The Labute approximate surface area is 268 Å². The zero-order chi connectivity index (χ0) is 31.5. The van der Waals surface area contributed by atoms with Crippen LogP contribution in [0.3, 0.4) is 0 Å². The predicted octanol–water partition coefficient (Wildman–Crippen LogP) is 3.55. The van der Waals surface area contributed by atoms with Crippen molar-refractivity contribution in [1.82, 2.24) is 45.0 Å². The molecule has 0 radical (unpaired) electrons. The number of carbonyl (C=O) groups excluding carboxylic acids is 2. The van der Waals surface area contributed by atoms with Crippen LogP contribution in [-0.2, 0) is 11.2 Å². The standard InChI is InChI=1S/C34H43N9O3/c44-32(41-17-11-27(12-18-41)40-15-5-2-6-16-40)30(22-24-9-10-29-26(21-24)23-35-38-29)36-33(45)42-19-13-28(14-20-42)43-34(46)37-31(39-43)25-7-3-1-4-8-25/h1,3-4,7-10,21,23,27-28,30H,2,5-6,11-20,22H2,(H,35,38)(H,36,45)(H,37,39,46). The van der Waals surface area contributed by atoms with E-state index in [1.54, 1.807) is 11.1 Å². The van der Waals surface area contributed by atoms with E-state index in [-0.39, 0.29) is 23.7 Å². The summed E-state index contributed by atoms with van der Waals surface area (Å²) in [5.74, 6) is 0.518. The van der Waals surface area contributed by atoms with Crippen LogP contribution in [-0.4, -0.2) is 103 Å². The first-order valence-corrected chi connectivity index (χ1v) is 16.8. The van der Waals surface area contributed by atoms with Crippen molar-refractivity contribution in [2.75, 3.05) is 39.3 Å². The number of nitrogens with zero attached hydrogens (tertiary/aromatic N) is 6. The minimum atomic E-state index is -0.677. The molecule has 0 saturated carbocycles. The molecule has 3 amide bonds. The molecule has 7 rings (SSSR count). The fourth-order valence-corrected chi connectivity index (χ4v) is 7.37. The number of piperidine rings is 3. The Morgan fingerprint density at radius 3 is 2.35 bits per heavy atom. The number of aromatic nitrogens is 5. The second kappa shape index (κ2) is 13.5. The first-order valence-electron chi connectivity index (χ1n) is 16.8. The van der Waals surface area contributed by atoms with Crippen LogP contribution in [0.2, 0.25) is 0 Å². The van der Waals surface area contributed by atoms with E-state index in [1.165, 1.54) is 23.9 Å². The van der Waals surface area contributed by atoms with Gasteiger partial charge in [0.05, 0.1) is 17.8 Å². The molecule has 2 aromatic heterocycles. The number of hydrogen-bond donors (Lipinski definition) is 3. The van der Waals surface area contributed by atoms with Crippen LogP contribution in [0, 0.1) is 0 Å². The molecule has 0 bridgehead atoms. The molecular formula is C34H43N9O3. The van der Waals surface area contributed by atoms with E-state index in [9.17, 15) is 14.4 Å². The number of urea groups is 1. The molecule has 0 spiro atoms. The van der Waals surface area contributed by atoms with Gasteiger partial charge in [0.25, 0.3) is 0 Å². The molecule has 2 aromatic carbocycles. The van der Waals surface area contributed by atoms with Crippen molar-refractivity contribution in [2.45, 2.75) is 69.5 Å². The molecule has 3 fully saturated rings. The summed E-state index contributed by atoms with van der Waals surface area (Å²) in [4.78, 5) is 49.6. The second-order valence-corrected chi connectivity index (χ2v) is 13.0. The Morgan fingerprint density at radius 2 is 1.59 bits per heavy atom. The van der Waals surface area contributed by atoms with Crippen molar-refractivity contribution < 1.29 is 9.59 Å². The lowest BCUT2D eigenvalue weighted by atomic mass is 9.98. The Kier molecular flexibility index (Phi) is 8.87. The highest BCUT2D eigenvalue weighted by Crippen LogP contribution is 2.24. The normalized spacial score (nSPS) is 19.4. The third kappa shape index (κ3) is 6.57. The molecule has 1 unspecified atom stereocenters. The summed E-state index contributed by atoms with van der Waals surface area (Å²) in [5, 5.41) is 15.8. The number of carbonyl (C=O) groups is 2. The highest BCUT2D eigenvalue weighted by molar-refractivity contribution is 5.88. The fourth-order valence-electron chi connectivity index (χ4n) is 7.37. The van der Waals surface area contributed by atoms with Gasteiger partial charge in [-0.05, 0) is 69.3 Å². The van der Waals surface area contributed by atoms with Crippen LogP contribution in [0.1, 0.15) is 56.6 Å². The molecule has 3 aliphatic heterocycles. The van der Waals surface area contributed by atoms with Gasteiger partial charge in [0, 0.05) is 49.6 Å². The van der Waals surface area contributed by atoms with E-state index in [0.717, 1.165) is 48.0 Å². The van der Waals surface area contributed by atoms with Crippen molar-refractivity contribution >= 4 is 22.8 Å². The minimum Gasteiger partial charge on any atom is -0.341 e. The van der Waals surface area contributed by atoms with E-state index in [0.29, 0.717) is 57.3 Å². The number of nitrogens with one attached hydrogen (secondary N) is 3. The summed E-state index contributed by atoms with van der Waals surface area (Å²) < 4.78 is 1.52. The lowest BCUT2D eigenvalue weighted by Gasteiger charge is -2.41. The highest BCUT2D eigenvalue weighted by Gasteiger charge is 2.34. The average molecular weight is 626 g/mol. The quantitative estimate of drug-likeness (QED) is 0.288. The number of rotatable bonds is 7. The molecule has 5 heterocycles. The van der Waals surface area contributed by atoms with Gasteiger partial charge in [0.15, 0.2) is 5.82 Å². The van der Waals surface area contributed by atoms with Gasteiger partial charge in [-0.1, -0.05) is 42.8 Å². The van der Waals surface area contributed by atoms with Crippen LogP contribution in [0.15, 0.2) is 59.5 Å². The molecule has 3 aliphatic rings. The molecule has 3 N–H and O–H groups in total. The van der Waals surface area contributed by atoms with Crippen LogP contribution >= 0.6 is 0 Å². The van der Waals surface area contributed by atoms with Crippen molar-refractivity contribution in [1.29, 1.82) is 0 Å². The third-order valence-corrected chi connectivity index (χ3v) is 10.0. The maximum Gasteiger partial charge on any atom is 0.343 e. The zero-order valence-electron chi connectivity index (χ0n) is 26.2. The summed E-state index contributed by atoms with van der Waals surface area (Å²) in [5.41, 5.74) is 2.52. The SMILES string of the molecule is O=C(NC(Cc1ccc2[nH]ncc2c1)C(=O)N1CCC(N2CCCCC2)CC1)N1CCC(n2nc(-c3ccccc3)[nH]c2=O)CC1. The van der Waals surface area contributed by atoms with Gasteiger partial charge in [0.2, 0.25) is 5.91 Å². The molecule has 0 aliphatic carbocycles. The maximum atomic E-state index is 14.0. The number of likely N-dealkylation sites (tertiary alicyclic amines) is 3.